The van der Waals surface area contributed by atoms with Crippen LogP contribution in [0.4, 0.5) is 0 Å². The normalized spacial score (nSPS) is 11.4. The van der Waals surface area contributed by atoms with Gasteiger partial charge in [0.2, 0.25) is 0 Å². The Morgan fingerprint density at radius 3 is 1.93 bits per heavy atom. The maximum atomic E-state index is 9.84. The lowest BCUT2D eigenvalue weighted by Crippen LogP contribution is -1.95. The third-order valence-electron chi connectivity index (χ3n) is 2.49. The van der Waals surface area contributed by atoms with E-state index in [0.29, 0.717) is 16.1 Å². The van der Waals surface area contributed by atoms with Crippen molar-refractivity contribution < 1.29 is 10.2 Å². The maximum absolute atomic E-state index is 9.84. The molecule has 0 aliphatic heterocycles. The van der Waals surface area contributed by atoms with Gasteiger partial charge in [-0.1, -0.05) is 39.3 Å². The lowest BCUT2D eigenvalue weighted by Gasteiger charge is -2.16. The molecule has 84 valence electrons. The minimum atomic E-state index is -0.0822. The fourth-order valence-corrected chi connectivity index (χ4v) is 2.07. The fourth-order valence-electron chi connectivity index (χ4n) is 1.65. The highest BCUT2D eigenvalue weighted by Gasteiger charge is 2.19. The third-order valence-corrected chi connectivity index (χ3v) is 2.80. The molecule has 0 radical (unpaired) electrons. The molecular formula is C12H17ClO2. The van der Waals surface area contributed by atoms with Crippen molar-refractivity contribution in [1.82, 2.24) is 0 Å². The summed E-state index contributed by atoms with van der Waals surface area (Å²) in [5, 5.41) is 20.2. The molecule has 1 aromatic carbocycles. The second-order valence-corrected chi connectivity index (χ2v) is 4.78. The van der Waals surface area contributed by atoms with Crippen LogP contribution in [-0.4, -0.2) is 10.2 Å². The quantitative estimate of drug-likeness (QED) is 0.752. The molecule has 0 heterocycles. The SMILES string of the molecule is CC(C)c1cc(Cl)c(C(C)C)c(O)c1O. The van der Waals surface area contributed by atoms with Gasteiger partial charge in [-0.25, -0.2) is 0 Å². The van der Waals surface area contributed by atoms with Crippen molar-refractivity contribution in [3.8, 4) is 11.5 Å². The Bertz CT molecular complexity index is 370. The Hall–Kier alpha value is -0.890. The zero-order valence-electron chi connectivity index (χ0n) is 9.50. The summed E-state index contributed by atoms with van der Waals surface area (Å²) in [6.45, 7) is 7.74. The van der Waals surface area contributed by atoms with Crippen molar-refractivity contribution >= 4 is 11.6 Å². The van der Waals surface area contributed by atoms with Gasteiger partial charge in [-0.3, -0.25) is 0 Å². The number of halogens is 1. The molecule has 2 nitrogen and oxygen atoms in total. The molecule has 0 aliphatic carbocycles. The van der Waals surface area contributed by atoms with E-state index in [2.05, 4.69) is 0 Å². The Kier molecular flexibility index (Phi) is 3.50. The van der Waals surface area contributed by atoms with Crippen LogP contribution < -0.4 is 0 Å². The smallest absolute Gasteiger partial charge is 0.162 e. The van der Waals surface area contributed by atoms with E-state index in [4.69, 9.17) is 11.6 Å². The molecule has 1 rings (SSSR count). The second kappa shape index (κ2) is 4.31. The highest BCUT2D eigenvalue weighted by atomic mass is 35.5. The molecule has 0 saturated heterocycles. The van der Waals surface area contributed by atoms with E-state index in [1.165, 1.54) is 0 Å². The number of hydrogen-bond acceptors (Lipinski definition) is 2. The number of benzene rings is 1. The van der Waals surface area contributed by atoms with Gasteiger partial charge in [-0.2, -0.15) is 0 Å². The molecule has 0 fully saturated rings. The van der Waals surface area contributed by atoms with E-state index in [9.17, 15) is 10.2 Å². The van der Waals surface area contributed by atoms with E-state index >= 15 is 0 Å². The minimum Gasteiger partial charge on any atom is -0.504 e. The van der Waals surface area contributed by atoms with Crippen molar-refractivity contribution in [1.29, 1.82) is 0 Å². The van der Waals surface area contributed by atoms with Crippen molar-refractivity contribution in [2.45, 2.75) is 39.5 Å². The Morgan fingerprint density at radius 1 is 1.00 bits per heavy atom. The summed E-state index contributed by atoms with van der Waals surface area (Å²) in [5.41, 5.74) is 1.29. The molecule has 2 N–H and O–H groups in total. The summed E-state index contributed by atoms with van der Waals surface area (Å²) in [6.07, 6.45) is 0. The summed E-state index contributed by atoms with van der Waals surface area (Å²) < 4.78 is 0. The van der Waals surface area contributed by atoms with Crippen LogP contribution in [0, 0.1) is 0 Å². The van der Waals surface area contributed by atoms with Crippen LogP contribution in [0.25, 0.3) is 0 Å². The summed E-state index contributed by atoms with van der Waals surface area (Å²) >= 11 is 6.07. The molecule has 0 atom stereocenters. The van der Waals surface area contributed by atoms with Gasteiger partial charge in [-0.15, -0.1) is 0 Å². The number of aromatic hydroxyl groups is 2. The van der Waals surface area contributed by atoms with E-state index in [-0.39, 0.29) is 23.3 Å². The van der Waals surface area contributed by atoms with Gasteiger partial charge in [-0.05, 0) is 17.9 Å². The van der Waals surface area contributed by atoms with Crippen LogP contribution in [0.5, 0.6) is 11.5 Å². The largest absolute Gasteiger partial charge is 0.504 e. The molecule has 0 spiro atoms. The lowest BCUT2D eigenvalue weighted by atomic mass is 9.95. The molecule has 0 unspecified atom stereocenters. The summed E-state index contributed by atoms with van der Waals surface area (Å²) in [5.74, 6) is 0.0959. The first-order chi connectivity index (χ1) is 6.86. The monoisotopic (exact) mass is 228 g/mol. The zero-order chi connectivity index (χ0) is 11.7. The molecule has 0 aromatic heterocycles. The molecule has 15 heavy (non-hydrogen) atoms. The highest BCUT2D eigenvalue weighted by Crippen LogP contribution is 2.43. The van der Waals surface area contributed by atoms with Crippen molar-refractivity contribution in [2.75, 3.05) is 0 Å². The second-order valence-electron chi connectivity index (χ2n) is 4.37. The highest BCUT2D eigenvalue weighted by molar-refractivity contribution is 6.31. The fraction of sp³-hybridized carbons (Fsp3) is 0.500. The van der Waals surface area contributed by atoms with Gasteiger partial charge in [0, 0.05) is 16.1 Å². The van der Waals surface area contributed by atoms with Gasteiger partial charge >= 0.3 is 0 Å². The number of phenols is 2. The van der Waals surface area contributed by atoms with E-state index in [1.54, 1.807) is 6.07 Å². The molecule has 1 aromatic rings. The van der Waals surface area contributed by atoms with Crippen LogP contribution in [-0.2, 0) is 0 Å². The van der Waals surface area contributed by atoms with Crippen molar-refractivity contribution in [3.05, 3.63) is 22.2 Å². The zero-order valence-corrected chi connectivity index (χ0v) is 10.3. The Labute approximate surface area is 95.5 Å². The molecule has 0 bridgehead atoms. The predicted octanol–water partition coefficient (Wildman–Crippen LogP) is 4.00. The van der Waals surface area contributed by atoms with Crippen molar-refractivity contribution in [2.24, 2.45) is 0 Å². The van der Waals surface area contributed by atoms with E-state index < -0.39 is 0 Å². The van der Waals surface area contributed by atoms with Crippen LogP contribution >= 0.6 is 11.6 Å². The predicted molar refractivity (Wildman–Crippen MR) is 63.0 cm³/mol. The van der Waals surface area contributed by atoms with E-state index in [1.807, 2.05) is 27.7 Å². The van der Waals surface area contributed by atoms with Crippen LogP contribution in [0.3, 0.4) is 0 Å². The first-order valence-electron chi connectivity index (χ1n) is 5.10. The lowest BCUT2D eigenvalue weighted by molar-refractivity contribution is 0.391. The summed E-state index contributed by atoms with van der Waals surface area (Å²) in [6, 6.07) is 1.73. The molecule has 0 saturated carbocycles. The van der Waals surface area contributed by atoms with Gasteiger partial charge in [0.25, 0.3) is 0 Å². The maximum Gasteiger partial charge on any atom is 0.162 e. The van der Waals surface area contributed by atoms with Crippen molar-refractivity contribution in [3.63, 3.8) is 0 Å². The number of phenolic OH excluding ortho intramolecular Hbond substituents is 2. The van der Waals surface area contributed by atoms with E-state index in [0.717, 1.165) is 0 Å². The molecular weight excluding hydrogens is 212 g/mol. The van der Waals surface area contributed by atoms with Crippen LogP contribution in [0.15, 0.2) is 6.07 Å². The third kappa shape index (κ3) is 2.20. The summed E-state index contributed by atoms with van der Waals surface area (Å²) in [7, 11) is 0. The average Bonchev–Trinajstić information content (AvgIpc) is 2.10. The van der Waals surface area contributed by atoms with Crippen LogP contribution in [0.2, 0.25) is 5.02 Å². The van der Waals surface area contributed by atoms with Gasteiger partial charge < -0.3 is 10.2 Å². The molecule has 3 heteroatoms. The average molecular weight is 229 g/mol. The minimum absolute atomic E-state index is 0.0434. The molecule has 0 amide bonds. The van der Waals surface area contributed by atoms with Gasteiger partial charge in [0.05, 0.1) is 0 Å². The topological polar surface area (TPSA) is 40.5 Å². The number of hydrogen-bond donors (Lipinski definition) is 2. The first kappa shape index (κ1) is 12.2. The summed E-state index contributed by atoms with van der Waals surface area (Å²) in [4.78, 5) is 0. The van der Waals surface area contributed by atoms with Gasteiger partial charge in [0.1, 0.15) is 0 Å². The number of rotatable bonds is 2. The van der Waals surface area contributed by atoms with Crippen LogP contribution in [0.1, 0.15) is 50.7 Å². The Morgan fingerprint density at radius 2 is 1.53 bits per heavy atom. The Balaban J connectivity index is 3.44. The van der Waals surface area contributed by atoms with Gasteiger partial charge in [0.15, 0.2) is 11.5 Å². The molecule has 0 aliphatic rings. The first-order valence-corrected chi connectivity index (χ1v) is 5.48. The standard InChI is InChI=1S/C12H17ClO2/c1-6(2)8-5-9(13)10(7(3)4)12(15)11(8)14/h5-7,14-15H,1-4H3.